The Morgan fingerprint density at radius 1 is 0.851 bits per heavy atom. The summed E-state index contributed by atoms with van der Waals surface area (Å²) < 4.78 is 34.8. The second-order valence-corrected chi connectivity index (χ2v) is 14.0. The first kappa shape index (κ1) is 34.0. The van der Waals surface area contributed by atoms with E-state index in [9.17, 15) is 18.0 Å². The van der Waals surface area contributed by atoms with Crippen LogP contribution in [0.25, 0.3) is 0 Å². The molecule has 0 bridgehead atoms. The smallest absolute Gasteiger partial charge is 0.264 e. The number of hydrogen-bond acceptors (Lipinski definition) is 5. The maximum absolute atomic E-state index is 14.7. The number of ether oxygens (including phenoxy) is 1. The Morgan fingerprint density at radius 2 is 1.51 bits per heavy atom. The Kier molecular flexibility index (Phi) is 11.6. The number of carbonyl (C=O) groups is 2. The molecule has 5 rings (SSSR count). The third kappa shape index (κ3) is 8.93. The van der Waals surface area contributed by atoms with Crippen LogP contribution in [0.15, 0.2) is 114 Å². The van der Waals surface area contributed by atoms with Gasteiger partial charge < -0.3 is 15.0 Å². The highest BCUT2D eigenvalue weighted by atomic mass is 35.5. The fourth-order valence-electron chi connectivity index (χ4n) is 5.94. The highest BCUT2D eigenvalue weighted by Crippen LogP contribution is 2.28. The van der Waals surface area contributed by atoms with Crippen LogP contribution in [0.1, 0.15) is 43.2 Å². The van der Waals surface area contributed by atoms with Crippen LogP contribution in [-0.4, -0.2) is 50.9 Å². The van der Waals surface area contributed by atoms with E-state index in [2.05, 4.69) is 5.32 Å². The normalized spacial score (nSPS) is 14.2. The number of hydrogen-bond donors (Lipinski definition) is 1. The van der Waals surface area contributed by atoms with Gasteiger partial charge in [0.25, 0.3) is 10.0 Å². The summed E-state index contributed by atoms with van der Waals surface area (Å²) in [6, 6.07) is 30.3. The van der Waals surface area contributed by atoms with Crippen molar-refractivity contribution in [1.82, 2.24) is 10.2 Å². The van der Waals surface area contributed by atoms with Crippen LogP contribution >= 0.6 is 11.6 Å². The van der Waals surface area contributed by atoms with Crippen LogP contribution in [0.3, 0.4) is 0 Å². The number of rotatable bonds is 13. The molecule has 0 spiro atoms. The molecule has 0 aromatic heterocycles. The molecular weight excluding hydrogens is 634 g/mol. The Balaban J connectivity index is 1.57. The number of nitrogens with zero attached hydrogens (tertiary/aromatic N) is 2. The number of benzene rings is 4. The number of nitrogens with one attached hydrogen (secondary N) is 1. The van der Waals surface area contributed by atoms with E-state index < -0.39 is 28.5 Å². The van der Waals surface area contributed by atoms with Crippen molar-refractivity contribution in [3.05, 3.63) is 125 Å². The summed E-state index contributed by atoms with van der Waals surface area (Å²) >= 11 is 6.35. The van der Waals surface area contributed by atoms with E-state index in [1.54, 1.807) is 60.7 Å². The number of methoxy groups -OCH3 is 1. The quantitative estimate of drug-likeness (QED) is 0.172. The predicted octanol–water partition coefficient (Wildman–Crippen LogP) is 6.63. The van der Waals surface area contributed by atoms with Gasteiger partial charge >= 0.3 is 0 Å². The maximum Gasteiger partial charge on any atom is 0.264 e. The van der Waals surface area contributed by atoms with Crippen molar-refractivity contribution in [2.75, 3.05) is 18.0 Å². The first-order valence-corrected chi connectivity index (χ1v) is 17.7. The topological polar surface area (TPSA) is 96.0 Å². The molecule has 1 aliphatic rings. The highest BCUT2D eigenvalue weighted by Gasteiger charge is 2.35. The van der Waals surface area contributed by atoms with E-state index in [1.165, 1.54) is 24.1 Å². The summed E-state index contributed by atoms with van der Waals surface area (Å²) in [7, 11) is -2.71. The molecular formula is C37H40ClN3O5S. The molecule has 1 aliphatic carbocycles. The van der Waals surface area contributed by atoms with Crippen molar-refractivity contribution in [3.63, 3.8) is 0 Å². The molecule has 2 amide bonds. The molecule has 0 heterocycles. The van der Waals surface area contributed by atoms with Crippen molar-refractivity contribution in [2.24, 2.45) is 0 Å². The van der Waals surface area contributed by atoms with E-state index >= 15 is 0 Å². The zero-order chi connectivity index (χ0) is 33.2. The summed E-state index contributed by atoms with van der Waals surface area (Å²) in [5, 5.41) is 3.71. The number of sulfonamides is 1. The van der Waals surface area contributed by atoms with E-state index in [4.69, 9.17) is 16.3 Å². The number of carbonyl (C=O) groups excluding carboxylic acids is 2. The van der Waals surface area contributed by atoms with Crippen LogP contribution < -0.4 is 14.4 Å². The summed E-state index contributed by atoms with van der Waals surface area (Å²) in [6.45, 7) is -0.501. The van der Waals surface area contributed by atoms with Gasteiger partial charge in [-0.25, -0.2) is 8.42 Å². The minimum absolute atomic E-state index is 0.0179. The third-order valence-corrected chi connectivity index (χ3v) is 10.4. The monoisotopic (exact) mass is 673 g/mol. The molecule has 1 fully saturated rings. The van der Waals surface area contributed by atoms with Crippen molar-refractivity contribution >= 4 is 39.1 Å². The van der Waals surface area contributed by atoms with Crippen LogP contribution in [0.5, 0.6) is 5.75 Å². The average molecular weight is 674 g/mol. The lowest BCUT2D eigenvalue weighted by Gasteiger charge is -2.35. The molecule has 1 N–H and O–H groups in total. The van der Waals surface area contributed by atoms with Crippen molar-refractivity contribution in [1.29, 1.82) is 0 Å². The van der Waals surface area contributed by atoms with Gasteiger partial charge in [-0.05, 0) is 60.4 Å². The van der Waals surface area contributed by atoms with Crippen LogP contribution in [0, 0.1) is 0 Å². The standard InChI is InChI=1S/C37H40ClN3O5S/c1-46-33-20-12-19-32(25-33)41(47(44,45)34-21-9-4-10-22-34)27-36(42)40(26-29-15-11-16-30(38)23-29)35(24-28-13-5-2-6-14-28)37(43)39-31-17-7-3-8-18-31/h2,4-6,9-16,19-23,25,31,35H,3,7-8,17-18,24,26-27H2,1H3,(H,39,43)/t35-/m0/s1. The molecule has 4 aromatic rings. The number of anilines is 1. The lowest BCUT2D eigenvalue weighted by atomic mass is 9.94. The van der Waals surface area contributed by atoms with Gasteiger partial charge in [0.05, 0.1) is 17.7 Å². The molecule has 47 heavy (non-hydrogen) atoms. The Labute approximate surface area is 282 Å². The zero-order valence-electron chi connectivity index (χ0n) is 26.4. The number of amides is 2. The molecule has 4 aromatic carbocycles. The second kappa shape index (κ2) is 16.0. The predicted molar refractivity (Wildman–Crippen MR) is 185 cm³/mol. The van der Waals surface area contributed by atoms with Gasteiger partial charge in [0.2, 0.25) is 11.8 Å². The summed E-state index contributed by atoms with van der Waals surface area (Å²) in [5.41, 5.74) is 1.85. The van der Waals surface area contributed by atoms with E-state index in [1.807, 2.05) is 36.4 Å². The maximum atomic E-state index is 14.7. The second-order valence-electron chi connectivity index (χ2n) is 11.7. The average Bonchev–Trinajstić information content (AvgIpc) is 3.10. The van der Waals surface area contributed by atoms with Crippen LogP contribution in [0.2, 0.25) is 5.02 Å². The van der Waals surface area contributed by atoms with Crippen molar-refractivity contribution in [2.45, 2.75) is 62.0 Å². The van der Waals surface area contributed by atoms with E-state index in [0.717, 1.165) is 42.0 Å². The molecule has 0 radical (unpaired) electrons. The minimum Gasteiger partial charge on any atom is -0.497 e. The van der Waals surface area contributed by atoms with Crippen molar-refractivity contribution in [3.8, 4) is 5.75 Å². The SMILES string of the molecule is COc1cccc(N(CC(=O)N(Cc2cccc(Cl)c2)[C@@H](Cc2ccccc2)C(=O)NC2CCCCC2)S(=O)(=O)c2ccccc2)c1. The Morgan fingerprint density at radius 3 is 2.19 bits per heavy atom. The van der Waals surface area contributed by atoms with Gasteiger partial charge in [-0.15, -0.1) is 0 Å². The fourth-order valence-corrected chi connectivity index (χ4v) is 7.58. The van der Waals surface area contributed by atoms with Gasteiger partial charge in [-0.1, -0.05) is 97.6 Å². The fraction of sp³-hybridized carbons (Fsp3) is 0.297. The molecule has 0 unspecified atom stereocenters. The van der Waals surface area contributed by atoms with Gasteiger partial charge in [0, 0.05) is 30.1 Å². The lowest BCUT2D eigenvalue weighted by Crippen LogP contribution is -2.55. The first-order chi connectivity index (χ1) is 22.7. The number of halogens is 1. The van der Waals surface area contributed by atoms with Crippen molar-refractivity contribution < 1.29 is 22.7 Å². The third-order valence-electron chi connectivity index (χ3n) is 8.42. The summed E-state index contributed by atoms with van der Waals surface area (Å²) in [5.74, 6) is -0.366. The van der Waals surface area contributed by atoms with Gasteiger partial charge in [-0.2, -0.15) is 0 Å². The zero-order valence-corrected chi connectivity index (χ0v) is 28.0. The Hall–Kier alpha value is -4.34. The molecule has 246 valence electrons. The molecule has 0 saturated heterocycles. The van der Waals surface area contributed by atoms with Crippen LogP contribution in [-0.2, 0) is 32.6 Å². The van der Waals surface area contributed by atoms with Crippen LogP contribution in [0.4, 0.5) is 5.69 Å². The molecule has 8 nitrogen and oxygen atoms in total. The van der Waals surface area contributed by atoms with Gasteiger partial charge in [0.15, 0.2) is 0 Å². The summed E-state index contributed by atoms with van der Waals surface area (Å²) in [4.78, 5) is 30.4. The molecule has 0 aliphatic heterocycles. The minimum atomic E-state index is -4.21. The molecule has 1 atom stereocenters. The summed E-state index contributed by atoms with van der Waals surface area (Å²) in [6.07, 6.45) is 5.21. The largest absolute Gasteiger partial charge is 0.497 e. The first-order valence-electron chi connectivity index (χ1n) is 15.8. The van der Waals surface area contributed by atoms with Gasteiger partial charge in [0.1, 0.15) is 18.3 Å². The van der Waals surface area contributed by atoms with E-state index in [0.29, 0.717) is 16.3 Å². The molecule has 1 saturated carbocycles. The van der Waals surface area contributed by atoms with Gasteiger partial charge in [-0.3, -0.25) is 13.9 Å². The van der Waals surface area contributed by atoms with E-state index in [-0.39, 0.29) is 35.5 Å². The molecule has 10 heteroatoms. The highest BCUT2D eigenvalue weighted by molar-refractivity contribution is 7.92. The lowest BCUT2D eigenvalue weighted by molar-refractivity contribution is -0.140. The Bertz CT molecular complexity index is 1750.